The summed E-state index contributed by atoms with van der Waals surface area (Å²) in [6, 6.07) is 6.10. The fourth-order valence-corrected chi connectivity index (χ4v) is 2.03. The van der Waals surface area contributed by atoms with Crippen molar-refractivity contribution >= 4 is 15.9 Å². The Kier molecular flexibility index (Phi) is 4.47. The van der Waals surface area contributed by atoms with Crippen LogP contribution in [0, 0.1) is 12.7 Å². The van der Waals surface area contributed by atoms with E-state index in [4.69, 9.17) is 4.74 Å². The predicted octanol–water partition coefficient (Wildman–Crippen LogP) is 4.43. The van der Waals surface area contributed by atoms with Gasteiger partial charge in [-0.2, -0.15) is 4.98 Å². The largest absolute Gasteiger partial charge is 0.438 e. The van der Waals surface area contributed by atoms with E-state index < -0.39 is 0 Å². The molecule has 2 rings (SSSR count). The Balaban J connectivity index is 2.29. The Morgan fingerprint density at radius 3 is 2.79 bits per heavy atom. The van der Waals surface area contributed by atoms with Crippen LogP contribution in [-0.2, 0) is 6.42 Å². The van der Waals surface area contributed by atoms with Crippen LogP contribution >= 0.6 is 15.9 Å². The second-order valence-corrected chi connectivity index (χ2v) is 5.02. The first-order valence-electron chi connectivity index (χ1n) is 6.06. The van der Waals surface area contributed by atoms with Gasteiger partial charge in [0.05, 0.1) is 0 Å². The minimum atomic E-state index is -0.331. The van der Waals surface area contributed by atoms with E-state index in [9.17, 15) is 4.39 Å². The van der Waals surface area contributed by atoms with Crippen LogP contribution in [-0.4, -0.2) is 9.97 Å². The van der Waals surface area contributed by atoms with Gasteiger partial charge in [-0.3, -0.25) is 0 Å². The fourth-order valence-electron chi connectivity index (χ4n) is 1.63. The third kappa shape index (κ3) is 3.73. The Labute approximate surface area is 120 Å². The molecule has 0 bridgehead atoms. The number of aromatic nitrogens is 2. The Hall–Kier alpha value is -1.49. The molecule has 1 heterocycles. The lowest BCUT2D eigenvalue weighted by Crippen LogP contribution is -1.98. The summed E-state index contributed by atoms with van der Waals surface area (Å²) in [5, 5.41) is 0. The maximum absolute atomic E-state index is 13.2. The number of halogens is 2. The van der Waals surface area contributed by atoms with Crippen LogP contribution in [0.1, 0.15) is 24.7 Å². The molecular weight excluding hydrogens is 311 g/mol. The van der Waals surface area contributed by atoms with Crippen LogP contribution in [0.2, 0.25) is 0 Å². The zero-order valence-corrected chi connectivity index (χ0v) is 12.4. The Bertz CT molecular complexity index is 590. The first-order chi connectivity index (χ1) is 9.08. The summed E-state index contributed by atoms with van der Waals surface area (Å²) >= 11 is 3.32. The highest BCUT2D eigenvalue weighted by Gasteiger charge is 2.07. The molecule has 0 saturated heterocycles. The Morgan fingerprint density at radius 2 is 2.05 bits per heavy atom. The van der Waals surface area contributed by atoms with E-state index in [1.165, 1.54) is 12.1 Å². The summed E-state index contributed by atoms with van der Waals surface area (Å²) < 4.78 is 19.5. The minimum absolute atomic E-state index is 0.331. The SMILES string of the molecule is CCCc1nc(Br)cc(Oc2cc(F)ccc2C)n1. The van der Waals surface area contributed by atoms with E-state index in [0.717, 1.165) is 18.4 Å². The van der Waals surface area contributed by atoms with Gasteiger partial charge in [0.25, 0.3) is 0 Å². The highest BCUT2D eigenvalue weighted by atomic mass is 79.9. The van der Waals surface area contributed by atoms with Gasteiger partial charge in [0.1, 0.15) is 22.0 Å². The summed E-state index contributed by atoms with van der Waals surface area (Å²) in [5.41, 5.74) is 0.855. The molecule has 0 spiro atoms. The number of hydrogen-bond acceptors (Lipinski definition) is 3. The fraction of sp³-hybridized carbons (Fsp3) is 0.286. The van der Waals surface area contributed by atoms with Gasteiger partial charge in [-0.1, -0.05) is 13.0 Å². The van der Waals surface area contributed by atoms with Crippen molar-refractivity contribution in [1.29, 1.82) is 0 Å². The Morgan fingerprint density at radius 1 is 1.26 bits per heavy atom. The van der Waals surface area contributed by atoms with Gasteiger partial charge < -0.3 is 4.74 Å². The van der Waals surface area contributed by atoms with Gasteiger partial charge in [-0.05, 0) is 40.9 Å². The van der Waals surface area contributed by atoms with E-state index in [1.54, 1.807) is 12.1 Å². The van der Waals surface area contributed by atoms with Crippen LogP contribution < -0.4 is 4.74 Å². The summed E-state index contributed by atoms with van der Waals surface area (Å²) in [5.74, 6) is 1.26. The predicted molar refractivity (Wildman–Crippen MR) is 74.9 cm³/mol. The zero-order chi connectivity index (χ0) is 13.8. The number of rotatable bonds is 4. The van der Waals surface area contributed by atoms with Gasteiger partial charge in [0, 0.05) is 18.6 Å². The van der Waals surface area contributed by atoms with Crippen molar-refractivity contribution in [2.24, 2.45) is 0 Å². The molecule has 0 radical (unpaired) electrons. The second-order valence-electron chi connectivity index (χ2n) is 4.21. The molecule has 0 unspecified atom stereocenters. The number of aryl methyl sites for hydroxylation is 2. The van der Waals surface area contributed by atoms with Crippen molar-refractivity contribution in [2.45, 2.75) is 26.7 Å². The first-order valence-corrected chi connectivity index (χ1v) is 6.85. The molecule has 3 nitrogen and oxygen atoms in total. The number of hydrogen-bond donors (Lipinski definition) is 0. The molecule has 0 aliphatic carbocycles. The van der Waals surface area contributed by atoms with Gasteiger partial charge in [-0.25, -0.2) is 9.37 Å². The van der Waals surface area contributed by atoms with Crippen LogP contribution in [0.5, 0.6) is 11.6 Å². The number of ether oxygens (including phenoxy) is 1. The molecule has 1 aromatic carbocycles. The molecule has 0 amide bonds. The quantitative estimate of drug-likeness (QED) is 0.780. The molecule has 0 N–H and O–H groups in total. The van der Waals surface area contributed by atoms with E-state index in [-0.39, 0.29) is 5.82 Å². The van der Waals surface area contributed by atoms with Gasteiger partial charge in [0.2, 0.25) is 5.88 Å². The normalized spacial score (nSPS) is 10.5. The molecular formula is C14H14BrFN2O. The smallest absolute Gasteiger partial charge is 0.223 e. The van der Waals surface area contributed by atoms with Crippen molar-refractivity contribution in [3.8, 4) is 11.6 Å². The average Bonchev–Trinajstić information content (AvgIpc) is 2.33. The number of nitrogens with zero attached hydrogens (tertiary/aromatic N) is 2. The summed E-state index contributed by atoms with van der Waals surface area (Å²) in [6.45, 7) is 3.92. The van der Waals surface area contributed by atoms with E-state index in [2.05, 4.69) is 32.8 Å². The molecule has 19 heavy (non-hydrogen) atoms. The number of benzene rings is 1. The molecule has 0 atom stereocenters. The van der Waals surface area contributed by atoms with Crippen LogP contribution in [0.3, 0.4) is 0 Å². The lowest BCUT2D eigenvalue weighted by Gasteiger charge is -2.09. The monoisotopic (exact) mass is 324 g/mol. The van der Waals surface area contributed by atoms with E-state index in [0.29, 0.717) is 22.1 Å². The van der Waals surface area contributed by atoms with Crippen LogP contribution in [0.25, 0.3) is 0 Å². The molecule has 1 aromatic heterocycles. The molecule has 5 heteroatoms. The minimum Gasteiger partial charge on any atom is -0.438 e. The van der Waals surface area contributed by atoms with E-state index in [1.807, 2.05) is 6.92 Å². The summed E-state index contributed by atoms with van der Waals surface area (Å²) in [7, 11) is 0. The second kappa shape index (κ2) is 6.10. The molecule has 100 valence electrons. The zero-order valence-electron chi connectivity index (χ0n) is 10.8. The third-order valence-electron chi connectivity index (χ3n) is 2.56. The van der Waals surface area contributed by atoms with Crippen molar-refractivity contribution in [3.05, 3.63) is 46.1 Å². The van der Waals surface area contributed by atoms with Crippen molar-refractivity contribution in [2.75, 3.05) is 0 Å². The molecule has 0 saturated carbocycles. The molecule has 0 fully saturated rings. The summed E-state index contributed by atoms with van der Waals surface area (Å²) in [4.78, 5) is 8.56. The maximum atomic E-state index is 13.2. The van der Waals surface area contributed by atoms with Crippen LogP contribution in [0.4, 0.5) is 4.39 Å². The standard InChI is InChI=1S/C14H14BrFN2O/c1-3-4-13-17-12(15)8-14(18-13)19-11-7-10(16)6-5-9(11)2/h5-8H,3-4H2,1-2H3. The summed E-state index contributed by atoms with van der Waals surface area (Å²) in [6.07, 6.45) is 1.73. The van der Waals surface area contributed by atoms with Crippen molar-refractivity contribution < 1.29 is 9.13 Å². The van der Waals surface area contributed by atoms with Crippen LogP contribution in [0.15, 0.2) is 28.9 Å². The topological polar surface area (TPSA) is 35.0 Å². The van der Waals surface area contributed by atoms with Gasteiger partial charge in [0.15, 0.2) is 0 Å². The lowest BCUT2D eigenvalue weighted by atomic mass is 10.2. The first kappa shape index (κ1) is 13.9. The third-order valence-corrected chi connectivity index (χ3v) is 2.96. The van der Waals surface area contributed by atoms with Gasteiger partial charge >= 0.3 is 0 Å². The highest BCUT2D eigenvalue weighted by molar-refractivity contribution is 9.10. The average molecular weight is 325 g/mol. The molecule has 0 aliphatic heterocycles. The van der Waals surface area contributed by atoms with Crippen molar-refractivity contribution in [3.63, 3.8) is 0 Å². The van der Waals surface area contributed by atoms with Gasteiger partial charge in [-0.15, -0.1) is 0 Å². The maximum Gasteiger partial charge on any atom is 0.223 e. The van der Waals surface area contributed by atoms with Crippen molar-refractivity contribution in [1.82, 2.24) is 9.97 Å². The highest BCUT2D eigenvalue weighted by Crippen LogP contribution is 2.26. The molecule has 0 aliphatic rings. The van der Waals surface area contributed by atoms with E-state index >= 15 is 0 Å². The molecule has 2 aromatic rings. The lowest BCUT2D eigenvalue weighted by molar-refractivity contribution is 0.449.